The van der Waals surface area contributed by atoms with Crippen LogP contribution in [0.1, 0.15) is 50.3 Å². The number of hydrogen-bond donors (Lipinski definition) is 1. The van der Waals surface area contributed by atoms with Gasteiger partial charge in [-0.1, -0.05) is 62.0 Å². The Morgan fingerprint density at radius 2 is 1.73 bits per heavy atom. The van der Waals surface area contributed by atoms with Gasteiger partial charge in [-0.2, -0.15) is 4.99 Å². The number of halogens is 3. The molecule has 1 N–H and O–H groups in total. The summed E-state index contributed by atoms with van der Waals surface area (Å²) in [6, 6.07) is 18.0. The topological polar surface area (TPSA) is 102 Å². The summed E-state index contributed by atoms with van der Waals surface area (Å²) in [7, 11) is 0. The van der Waals surface area contributed by atoms with E-state index in [1.54, 1.807) is 0 Å². The summed E-state index contributed by atoms with van der Waals surface area (Å²) < 4.78 is 42.7. The number of aliphatic imine (C=N–C) groups is 1. The normalized spacial score (nSPS) is 14.8. The summed E-state index contributed by atoms with van der Waals surface area (Å²) >= 11 is 1.23. The lowest BCUT2D eigenvalue weighted by Crippen LogP contribution is -2.40. The largest absolute Gasteiger partial charge is 0.573 e. The number of aryl methyl sites for hydroxylation is 1. The van der Waals surface area contributed by atoms with Crippen LogP contribution in [0.2, 0.25) is 0 Å². The molecule has 0 radical (unpaired) electrons. The minimum Gasteiger partial charge on any atom is -0.406 e. The number of rotatable bonds is 7. The van der Waals surface area contributed by atoms with Gasteiger partial charge in [-0.25, -0.2) is 14.5 Å². The average Bonchev–Trinajstić information content (AvgIpc) is 3.59. The number of nitrogens with one attached hydrogen (secondary N) is 1. The van der Waals surface area contributed by atoms with E-state index >= 15 is 0 Å². The first-order chi connectivity index (χ1) is 21.2. The number of nitrogens with zero attached hydrogens (tertiary/aromatic N) is 5. The minimum atomic E-state index is -4.77. The lowest BCUT2D eigenvalue weighted by Gasteiger charge is -2.26. The molecular weight excluding hydrogens is 605 g/mol. The van der Waals surface area contributed by atoms with Crippen molar-refractivity contribution in [1.29, 1.82) is 0 Å². The number of alkyl halides is 3. The lowest BCUT2D eigenvalue weighted by molar-refractivity contribution is -0.274. The second kappa shape index (κ2) is 12.4. The average molecular weight is 637 g/mol. The van der Waals surface area contributed by atoms with Crippen molar-refractivity contribution in [1.82, 2.24) is 20.1 Å². The summed E-state index contributed by atoms with van der Waals surface area (Å²) in [6.45, 7) is 9.77. The van der Waals surface area contributed by atoms with Crippen molar-refractivity contribution >= 4 is 34.6 Å². The fourth-order valence-electron chi connectivity index (χ4n) is 4.83. The summed E-state index contributed by atoms with van der Waals surface area (Å²) in [6.07, 6.45) is -3.31. The summed E-state index contributed by atoms with van der Waals surface area (Å²) in [5, 5.41) is 7.71. The van der Waals surface area contributed by atoms with E-state index in [0.717, 1.165) is 22.4 Å². The minimum absolute atomic E-state index is 0.127. The molecule has 1 aromatic heterocycles. The summed E-state index contributed by atoms with van der Waals surface area (Å²) in [4.78, 5) is 36.2. The second-order valence-electron chi connectivity index (χ2n) is 11.3. The van der Waals surface area contributed by atoms with Crippen molar-refractivity contribution in [3.8, 4) is 22.8 Å². The Kier molecular flexibility index (Phi) is 8.74. The van der Waals surface area contributed by atoms with Crippen LogP contribution in [-0.2, 0) is 10.3 Å². The van der Waals surface area contributed by atoms with Crippen LogP contribution in [0.15, 0.2) is 78.0 Å². The molecule has 13 heteroatoms. The molecule has 3 amide bonds. The van der Waals surface area contributed by atoms with Gasteiger partial charge in [0.2, 0.25) is 5.91 Å². The quantitative estimate of drug-likeness (QED) is 0.228. The highest BCUT2D eigenvalue weighted by Crippen LogP contribution is 2.34. The van der Waals surface area contributed by atoms with E-state index in [4.69, 9.17) is 0 Å². The molecule has 0 unspecified atom stereocenters. The molecule has 0 bridgehead atoms. The smallest absolute Gasteiger partial charge is 0.406 e. The van der Waals surface area contributed by atoms with Gasteiger partial charge in [0.15, 0.2) is 11.0 Å². The molecule has 9 nitrogen and oxygen atoms in total. The molecule has 0 aliphatic carbocycles. The number of benzene rings is 3. The Bertz CT molecular complexity index is 1750. The van der Waals surface area contributed by atoms with Crippen molar-refractivity contribution in [2.24, 2.45) is 4.99 Å². The SMILES string of the molecule is Cc1ccc(C(C)C)c(N2C(=O)CSC2=NC(=O)NC(C)(C)c2ccc(-c3ncn(-c4ccc(OC(F)(F)F)cc4)n3)cc2)c1. The van der Waals surface area contributed by atoms with Crippen molar-refractivity contribution in [3.63, 3.8) is 0 Å². The van der Waals surface area contributed by atoms with Crippen LogP contribution in [0.4, 0.5) is 23.7 Å². The number of anilines is 1. The zero-order valence-corrected chi connectivity index (χ0v) is 26.0. The number of amidine groups is 1. The predicted octanol–water partition coefficient (Wildman–Crippen LogP) is 7.35. The van der Waals surface area contributed by atoms with Gasteiger partial charge in [-0.05, 0) is 73.7 Å². The Balaban J connectivity index is 1.29. The third kappa shape index (κ3) is 7.36. The number of thioether (sulfide) groups is 1. The number of carbonyl (C=O) groups excluding carboxylic acids is 2. The summed E-state index contributed by atoms with van der Waals surface area (Å²) in [5.74, 6) is 0.322. The third-order valence-electron chi connectivity index (χ3n) is 7.12. The van der Waals surface area contributed by atoms with Gasteiger partial charge >= 0.3 is 12.4 Å². The van der Waals surface area contributed by atoms with E-state index in [1.165, 1.54) is 51.9 Å². The molecule has 1 aliphatic heterocycles. The van der Waals surface area contributed by atoms with Crippen LogP contribution in [0, 0.1) is 6.92 Å². The van der Waals surface area contributed by atoms with Gasteiger partial charge in [0.05, 0.1) is 22.7 Å². The molecule has 0 saturated carbocycles. The first kappa shape index (κ1) is 31.8. The van der Waals surface area contributed by atoms with E-state index in [-0.39, 0.29) is 23.3 Å². The van der Waals surface area contributed by atoms with Crippen molar-refractivity contribution in [2.75, 3.05) is 10.7 Å². The maximum atomic E-state index is 13.1. The van der Waals surface area contributed by atoms with Gasteiger partial charge in [-0.3, -0.25) is 9.69 Å². The number of urea groups is 1. The lowest BCUT2D eigenvalue weighted by atomic mass is 9.93. The fourth-order valence-corrected chi connectivity index (χ4v) is 5.69. The van der Waals surface area contributed by atoms with Gasteiger partial charge in [0.1, 0.15) is 12.1 Å². The molecule has 5 rings (SSSR count). The molecular formula is C32H31F3N6O3S. The Morgan fingerprint density at radius 1 is 1.04 bits per heavy atom. The molecule has 0 spiro atoms. The Morgan fingerprint density at radius 3 is 2.38 bits per heavy atom. The number of carbonyl (C=O) groups is 2. The Labute approximate surface area is 262 Å². The molecule has 4 aromatic rings. The monoisotopic (exact) mass is 636 g/mol. The Hall–Kier alpha value is -4.65. The highest BCUT2D eigenvalue weighted by atomic mass is 32.2. The van der Waals surface area contributed by atoms with Crippen molar-refractivity contribution in [2.45, 2.75) is 52.4 Å². The van der Waals surface area contributed by atoms with Crippen LogP contribution >= 0.6 is 11.8 Å². The maximum Gasteiger partial charge on any atom is 0.573 e. The van der Waals surface area contributed by atoms with Crippen LogP contribution < -0.4 is 15.0 Å². The number of hydrogen-bond acceptors (Lipinski definition) is 6. The second-order valence-corrected chi connectivity index (χ2v) is 12.3. The first-order valence-electron chi connectivity index (χ1n) is 14.1. The molecule has 1 aliphatic rings. The summed E-state index contributed by atoms with van der Waals surface area (Å²) in [5.41, 5.74) is 3.94. The van der Waals surface area contributed by atoms with E-state index in [1.807, 2.05) is 63.2 Å². The molecule has 234 valence electrons. The number of aromatic nitrogens is 3. The van der Waals surface area contributed by atoms with E-state index in [2.05, 4.69) is 39.0 Å². The predicted molar refractivity (Wildman–Crippen MR) is 168 cm³/mol. The van der Waals surface area contributed by atoms with Crippen LogP contribution in [0.5, 0.6) is 5.75 Å². The first-order valence-corrected chi connectivity index (χ1v) is 15.0. The molecule has 2 heterocycles. The molecule has 3 aromatic carbocycles. The van der Waals surface area contributed by atoms with E-state index in [9.17, 15) is 22.8 Å². The maximum absolute atomic E-state index is 13.1. The zero-order chi connectivity index (χ0) is 32.5. The van der Waals surface area contributed by atoms with Gasteiger partial charge in [0.25, 0.3) is 0 Å². The molecule has 0 atom stereocenters. The highest BCUT2D eigenvalue weighted by molar-refractivity contribution is 8.15. The van der Waals surface area contributed by atoms with E-state index in [0.29, 0.717) is 22.2 Å². The molecule has 1 fully saturated rings. The molecule has 1 saturated heterocycles. The van der Waals surface area contributed by atoms with Crippen molar-refractivity contribution < 1.29 is 27.5 Å². The fraction of sp³-hybridized carbons (Fsp3) is 0.281. The van der Waals surface area contributed by atoms with E-state index < -0.39 is 17.9 Å². The standard InChI is InChI=1S/C32H31F3N6O3S/c1-19(2)25-15-6-20(3)16-26(25)41-27(42)17-45-30(41)37-29(43)38-31(4,5)22-9-7-21(8-10-22)28-36-18-40(39-28)23-11-13-24(14-12-23)44-32(33,34)35/h6-16,18-19H,17H2,1-5H3,(H,38,43). The molecule has 45 heavy (non-hydrogen) atoms. The van der Waals surface area contributed by atoms with Crippen molar-refractivity contribution in [3.05, 3.63) is 89.7 Å². The highest BCUT2D eigenvalue weighted by Gasteiger charge is 2.33. The third-order valence-corrected chi connectivity index (χ3v) is 8.05. The number of ether oxygens (including phenoxy) is 1. The zero-order valence-electron chi connectivity index (χ0n) is 25.2. The van der Waals surface area contributed by atoms with Gasteiger partial charge < -0.3 is 10.1 Å². The van der Waals surface area contributed by atoms with Crippen LogP contribution in [0.25, 0.3) is 17.1 Å². The van der Waals surface area contributed by atoms with Crippen LogP contribution in [-0.4, -0.2) is 44.0 Å². The van der Waals surface area contributed by atoms with Gasteiger partial charge in [0, 0.05) is 5.56 Å². The van der Waals surface area contributed by atoms with Crippen LogP contribution in [0.3, 0.4) is 0 Å². The number of amides is 3. The van der Waals surface area contributed by atoms with Gasteiger partial charge in [-0.15, -0.1) is 18.3 Å².